The van der Waals surface area contributed by atoms with E-state index in [0.29, 0.717) is 36.7 Å². The van der Waals surface area contributed by atoms with Gasteiger partial charge in [0.1, 0.15) is 18.1 Å². The van der Waals surface area contributed by atoms with E-state index >= 15 is 0 Å². The van der Waals surface area contributed by atoms with Crippen LogP contribution >= 0.6 is 0 Å². The van der Waals surface area contributed by atoms with E-state index in [4.69, 9.17) is 9.52 Å². The Morgan fingerprint density at radius 2 is 1.86 bits per heavy atom. The Morgan fingerprint density at radius 1 is 1.07 bits per heavy atom. The van der Waals surface area contributed by atoms with Crippen molar-refractivity contribution in [3.8, 4) is 16.9 Å². The minimum absolute atomic E-state index is 0.0625. The summed E-state index contributed by atoms with van der Waals surface area (Å²) in [4.78, 5) is 15.8. The molecule has 1 saturated heterocycles. The molecule has 2 N–H and O–H groups in total. The molecule has 3 aromatic heterocycles. The second-order valence-electron chi connectivity index (χ2n) is 10.9. The fraction of sp³-hybridized carbons (Fsp3) is 0.281. The van der Waals surface area contributed by atoms with Crippen molar-refractivity contribution in [2.24, 2.45) is 7.05 Å². The minimum atomic E-state index is -0.926. The average Bonchev–Trinajstić information content (AvgIpc) is 3.79. The molecule has 11 heteroatoms. The summed E-state index contributed by atoms with van der Waals surface area (Å²) >= 11 is 0. The first-order valence-corrected chi connectivity index (χ1v) is 14.1. The van der Waals surface area contributed by atoms with E-state index in [1.165, 1.54) is 6.07 Å². The van der Waals surface area contributed by atoms with E-state index in [1.807, 2.05) is 50.5 Å². The molecule has 1 aliphatic rings. The van der Waals surface area contributed by atoms with Gasteiger partial charge < -0.3 is 14.8 Å². The number of aliphatic hydroxyl groups is 1. The number of aliphatic hydroxyl groups excluding tert-OH is 1. The Kier molecular flexibility index (Phi) is 7.92. The first-order chi connectivity index (χ1) is 20.8. The maximum Gasteiger partial charge on any atom is 0.226 e. The maximum absolute atomic E-state index is 14.3. The summed E-state index contributed by atoms with van der Waals surface area (Å²) in [6.07, 6.45) is 3.69. The van der Waals surface area contributed by atoms with Crippen LogP contribution in [0.5, 0.6) is 0 Å². The average molecular weight is 587 g/mol. The lowest BCUT2D eigenvalue weighted by Gasteiger charge is -2.21. The number of likely N-dealkylation sites (tertiary alicyclic amines) is 1. The molecular weight excluding hydrogens is 554 g/mol. The van der Waals surface area contributed by atoms with Crippen molar-refractivity contribution in [2.45, 2.75) is 38.5 Å². The molecule has 43 heavy (non-hydrogen) atoms. The van der Waals surface area contributed by atoms with Crippen LogP contribution in [0.3, 0.4) is 0 Å². The summed E-state index contributed by atoms with van der Waals surface area (Å²) in [5.74, 6) is -1.20. The maximum atomic E-state index is 14.3. The molecular formula is C32H32F2N6O3. The Bertz CT molecular complexity index is 1740. The third-order valence-corrected chi connectivity index (χ3v) is 7.92. The molecule has 0 saturated carbocycles. The van der Waals surface area contributed by atoms with Gasteiger partial charge in [-0.15, -0.1) is 0 Å². The molecule has 4 heterocycles. The predicted molar refractivity (Wildman–Crippen MR) is 155 cm³/mol. The fourth-order valence-electron chi connectivity index (χ4n) is 5.80. The van der Waals surface area contributed by atoms with Gasteiger partial charge in [-0.1, -0.05) is 24.3 Å². The van der Waals surface area contributed by atoms with Crippen molar-refractivity contribution in [3.05, 3.63) is 113 Å². The monoisotopic (exact) mass is 586 g/mol. The molecule has 0 spiro atoms. The van der Waals surface area contributed by atoms with Gasteiger partial charge in [0.05, 0.1) is 36.2 Å². The number of carbonyl (C=O) groups is 1. The number of nitrogens with zero attached hydrogens (tertiary/aromatic N) is 5. The largest absolute Gasteiger partial charge is 0.462 e. The molecule has 9 nitrogen and oxygen atoms in total. The zero-order valence-electron chi connectivity index (χ0n) is 23.9. The zero-order chi connectivity index (χ0) is 30.1. The first kappa shape index (κ1) is 28.5. The number of carbonyl (C=O) groups excluding carboxylic acids is 1. The molecule has 6 rings (SSSR count). The molecule has 1 aliphatic heterocycles. The van der Waals surface area contributed by atoms with Crippen LogP contribution in [0.25, 0.3) is 16.9 Å². The number of rotatable bonds is 9. The Morgan fingerprint density at radius 3 is 2.56 bits per heavy atom. The van der Waals surface area contributed by atoms with Gasteiger partial charge in [-0.2, -0.15) is 10.2 Å². The van der Waals surface area contributed by atoms with Gasteiger partial charge in [0.15, 0.2) is 11.6 Å². The van der Waals surface area contributed by atoms with Crippen LogP contribution in [0.1, 0.15) is 34.3 Å². The van der Waals surface area contributed by atoms with E-state index in [9.17, 15) is 18.7 Å². The molecule has 222 valence electrons. The van der Waals surface area contributed by atoms with Crippen molar-refractivity contribution < 1.29 is 23.1 Å². The Labute approximate surface area is 247 Å². The summed E-state index contributed by atoms with van der Waals surface area (Å²) in [6, 6.07) is 16.7. The Balaban J connectivity index is 1.27. The van der Waals surface area contributed by atoms with Crippen molar-refractivity contribution in [2.75, 3.05) is 13.1 Å². The lowest BCUT2D eigenvalue weighted by atomic mass is 9.94. The molecule has 0 radical (unpaired) electrons. The van der Waals surface area contributed by atoms with Crippen LogP contribution in [0.15, 0.2) is 77.5 Å². The van der Waals surface area contributed by atoms with Crippen molar-refractivity contribution in [3.63, 3.8) is 0 Å². The second kappa shape index (κ2) is 11.9. The van der Waals surface area contributed by atoms with Crippen LogP contribution in [-0.4, -0.2) is 54.6 Å². The summed E-state index contributed by atoms with van der Waals surface area (Å²) in [6.45, 7) is 3.17. The number of nitrogens with one attached hydrogen (secondary N) is 1. The van der Waals surface area contributed by atoms with Gasteiger partial charge in [-0.25, -0.2) is 13.5 Å². The van der Waals surface area contributed by atoms with Crippen LogP contribution in [0.2, 0.25) is 0 Å². The van der Waals surface area contributed by atoms with Crippen molar-refractivity contribution in [1.82, 2.24) is 29.8 Å². The zero-order valence-corrected chi connectivity index (χ0v) is 23.9. The molecule has 0 bridgehead atoms. The number of aromatic nitrogens is 4. The van der Waals surface area contributed by atoms with E-state index in [2.05, 4.69) is 15.3 Å². The van der Waals surface area contributed by atoms with Gasteiger partial charge in [0.25, 0.3) is 0 Å². The highest BCUT2D eigenvalue weighted by Crippen LogP contribution is 2.31. The van der Waals surface area contributed by atoms with Crippen LogP contribution in [0.4, 0.5) is 8.78 Å². The molecule has 1 amide bonds. The number of para-hydroxylation sites is 1. The highest BCUT2D eigenvalue weighted by Gasteiger charge is 2.36. The lowest BCUT2D eigenvalue weighted by Crippen LogP contribution is -2.41. The lowest BCUT2D eigenvalue weighted by molar-refractivity contribution is -0.121. The molecule has 2 aromatic carbocycles. The van der Waals surface area contributed by atoms with Gasteiger partial charge >= 0.3 is 0 Å². The first-order valence-electron chi connectivity index (χ1n) is 14.1. The quantitative estimate of drug-likeness (QED) is 0.268. The number of amides is 1. The van der Waals surface area contributed by atoms with E-state index in [0.717, 1.165) is 34.3 Å². The molecule has 1 fully saturated rings. The molecule has 0 unspecified atom stereocenters. The summed E-state index contributed by atoms with van der Waals surface area (Å²) in [7, 11) is 1.84. The summed E-state index contributed by atoms with van der Waals surface area (Å²) < 4.78 is 37.2. The smallest absolute Gasteiger partial charge is 0.226 e. The van der Waals surface area contributed by atoms with Crippen LogP contribution < -0.4 is 5.32 Å². The standard InChI is InChI=1S/C32H32F2N6O3/c1-20-30(40(23-6-4-3-5-7-23)37-32(20)22-14-35-38(2)15-22)13-31(42)36-29-18-39(16-24-9-10-25(19-41)43-24)17-26(29)21-8-11-27(33)28(34)12-21/h3-12,14-15,26,29,41H,13,16-19H2,1-2H3,(H,36,42)/t26-,29+/m0/s1. The third-order valence-electron chi connectivity index (χ3n) is 7.92. The van der Waals surface area contributed by atoms with E-state index in [-0.39, 0.29) is 30.9 Å². The van der Waals surface area contributed by atoms with Crippen LogP contribution in [-0.2, 0) is 31.4 Å². The third kappa shape index (κ3) is 5.99. The van der Waals surface area contributed by atoms with Gasteiger partial charge in [-0.05, 0) is 54.4 Å². The van der Waals surface area contributed by atoms with Gasteiger partial charge in [-0.3, -0.25) is 14.4 Å². The minimum Gasteiger partial charge on any atom is -0.462 e. The van der Waals surface area contributed by atoms with Gasteiger partial charge in [0.2, 0.25) is 5.91 Å². The number of benzene rings is 2. The molecule has 5 aromatic rings. The Hall–Kier alpha value is -4.61. The number of halogens is 2. The number of furan rings is 1. The summed E-state index contributed by atoms with van der Waals surface area (Å²) in [5.41, 5.74) is 4.64. The van der Waals surface area contributed by atoms with Crippen LogP contribution in [0, 0.1) is 18.6 Å². The SMILES string of the molecule is Cc1c(-c2cnn(C)c2)nn(-c2ccccc2)c1CC(=O)N[C@@H]1CN(Cc2ccc(CO)o2)C[C@H]1c1ccc(F)c(F)c1. The second-order valence-corrected chi connectivity index (χ2v) is 10.9. The normalized spacial score (nSPS) is 17.0. The highest BCUT2D eigenvalue weighted by molar-refractivity contribution is 5.80. The van der Waals surface area contributed by atoms with Gasteiger partial charge in [0, 0.05) is 43.9 Å². The number of hydrogen-bond acceptors (Lipinski definition) is 6. The summed E-state index contributed by atoms with van der Waals surface area (Å²) in [5, 5.41) is 21.7. The molecule has 0 aliphatic carbocycles. The predicted octanol–water partition coefficient (Wildman–Crippen LogP) is 4.27. The van der Waals surface area contributed by atoms with Crippen molar-refractivity contribution >= 4 is 5.91 Å². The number of aryl methyl sites for hydroxylation is 1. The topological polar surface area (TPSA) is 101 Å². The van der Waals surface area contributed by atoms with E-state index in [1.54, 1.807) is 33.8 Å². The molecule has 2 atom stereocenters. The number of hydrogen-bond donors (Lipinski definition) is 2. The van der Waals surface area contributed by atoms with Crippen molar-refractivity contribution in [1.29, 1.82) is 0 Å². The fourth-order valence-corrected chi connectivity index (χ4v) is 5.80. The highest BCUT2D eigenvalue weighted by atomic mass is 19.2. The van der Waals surface area contributed by atoms with E-state index < -0.39 is 11.6 Å².